The molecule has 1 fully saturated rings. The zero-order chi connectivity index (χ0) is 17.1. The SMILES string of the molecule is Cc1nc(C2CCN(CC(O)c3cccc([N+](=O)[O-])c3)CC2)n[nH]1. The van der Waals surface area contributed by atoms with Crippen LogP contribution in [0.15, 0.2) is 24.3 Å². The standard InChI is InChI=1S/C16H21N5O3/c1-11-17-16(19-18-11)12-5-7-20(8-6-12)10-15(22)13-3-2-4-14(9-13)21(23)24/h2-4,9,12,15,22H,5-8,10H2,1H3,(H,17,18,19). The van der Waals surface area contributed by atoms with Crippen molar-refractivity contribution < 1.29 is 10.0 Å². The summed E-state index contributed by atoms with van der Waals surface area (Å²) in [4.78, 5) is 17.0. The summed E-state index contributed by atoms with van der Waals surface area (Å²) >= 11 is 0. The molecule has 0 bridgehead atoms. The van der Waals surface area contributed by atoms with Crippen LogP contribution in [0, 0.1) is 17.0 Å². The smallest absolute Gasteiger partial charge is 0.269 e. The first-order valence-corrected chi connectivity index (χ1v) is 8.06. The van der Waals surface area contributed by atoms with E-state index >= 15 is 0 Å². The number of nitro groups is 1. The van der Waals surface area contributed by atoms with Crippen molar-refractivity contribution in [2.24, 2.45) is 0 Å². The van der Waals surface area contributed by atoms with Crippen molar-refractivity contribution in [2.45, 2.75) is 31.8 Å². The van der Waals surface area contributed by atoms with Crippen molar-refractivity contribution in [1.82, 2.24) is 20.1 Å². The fraction of sp³-hybridized carbons (Fsp3) is 0.500. The van der Waals surface area contributed by atoms with Crippen molar-refractivity contribution in [1.29, 1.82) is 0 Å². The van der Waals surface area contributed by atoms with E-state index in [1.165, 1.54) is 12.1 Å². The number of aromatic nitrogens is 3. The quantitative estimate of drug-likeness (QED) is 0.640. The lowest BCUT2D eigenvalue weighted by atomic mass is 9.95. The molecule has 24 heavy (non-hydrogen) atoms. The fourth-order valence-electron chi connectivity index (χ4n) is 3.11. The number of nitrogens with one attached hydrogen (secondary N) is 1. The van der Waals surface area contributed by atoms with E-state index in [9.17, 15) is 15.2 Å². The lowest BCUT2D eigenvalue weighted by Crippen LogP contribution is -2.36. The van der Waals surface area contributed by atoms with Crippen LogP contribution in [0.25, 0.3) is 0 Å². The molecular weight excluding hydrogens is 310 g/mol. The van der Waals surface area contributed by atoms with E-state index in [2.05, 4.69) is 20.1 Å². The average Bonchev–Trinajstić information content (AvgIpc) is 3.02. The van der Waals surface area contributed by atoms with Crippen LogP contribution < -0.4 is 0 Å². The number of non-ortho nitro benzene ring substituents is 1. The van der Waals surface area contributed by atoms with Crippen molar-refractivity contribution >= 4 is 5.69 Å². The number of H-pyrrole nitrogens is 1. The maximum absolute atomic E-state index is 10.8. The van der Waals surface area contributed by atoms with E-state index in [4.69, 9.17) is 0 Å². The van der Waals surface area contributed by atoms with Crippen LogP contribution in [0.1, 0.15) is 42.1 Å². The van der Waals surface area contributed by atoms with Crippen LogP contribution in [0.3, 0.4) is 0 Å². The number of β-amino-alcohol motifs (C(OH)–C–C–N with tert-alkyl or cyclic N) is 1. The molecule has 2 heterocycles. The second kappa shape index (κ2) is 7.06. The first-order valence-electron chi connectivity index (χ1n) is 8.06. The number of nitro benzene ring substituents is 1. The Morgan fingerprint density at radius 2 is 2.21 bits per heavy atom. The average molecular weight is 331 g/mol. The summed E-state index contributed by atoms with van der Waals surface area (Å²) in [5.74, 6) is 2.04. The molecule has 1 aliphatic heterocycles. The molecular formula is C16H21N5O3. The summed E-state index contributed by atoms with van der Waals surface area (Å²) in [5, 5.41) is 28.3. The minimum Gasteiger partial charge on any atom is -0.387 e. The van der Waals surface area contributed by atoms with Crippen LogP contribution in [-0.2, 0) is 0 Å². The van der Waals surface area contributed by atoms with Crippen molar-refractivity contribution in [3.05, 3.63) is 51.6 Å². The first-order chi connectivity index (χ1) is 11.5. The zero-order valence-corrected chi connectivity index (χ0v) is 13.6. The molecule has 1 atom stereocenters. The molecule has 1 unspecified atom stereocenters. The van der Waals surface area contributed by atoms with Gasteiger partial charge in [0.2, 0.25) is 0 Å². The van der Waals surface area contributed by atoms with Gasteiger partial charge in [0.15, 0.2) is 5.82 Å². The predicted octanol–water partition coefficient (Wildman–Crippen LogP) is 1.93. The molecule has 1 aromatic carbocycles. The van der Waals surface area contributed by atoms with Crippen LogP contribution in [0.5, 0.6) is 0 Å². The van der Waals surface area contributed by atoms with Crippen LogP contribution in [0.2, 0.25) is 0 Å². The Hall–Kier alpha value is -2.32. The Bertz CT molecular complexity index is 709. The number of hydrogen-bond donors (Lipinski definition) is 2. The van der Waals surface area contributed by atoms with Gasteiger partial charge in [-0.15, -0.1) is 0 Å². The van der Waals surface area contributed by atoms with E-state index in [-0.39, 0.29) is 5.69 Å². The Morgan fingerprint density at radius 1 is 1.46 bits per heavy atom. The zero-order valence-electron chi connectivity index (χ0n) is 13.6. The Kier molecular flexibility index (Phi) is 4.86. The van der Waals surface area contributed by atoms with E-state index in [0.717, 1.165) is 37.6 Å². The van der Waals surface area contributed by atoms with Gasteiger partial charge >= 0.3 is 0 Å². The Labute approximate surface area is 139 Å². The second-order valence-corrected chi connectivity index (χ2v) is 6.22. The molecule has 128 valence electrons. The summed E-state index contributed by atoms with van der Waals surface area (Å²) in [5.41, 5.74) is 0.584. The number of aliphatic hydroxyl groups is 1. The van der Waals surface area contributed by atoms with Gasteiger partial charge in [-0.05, 0) is 38.4 Å². The van der Waals surface area contributed by atoms with Crippen molar-refractivity contribution in [3.63, 3.8) is 0 Å². The highest BCUT2D eigenvalue weighted by Gasteiger charge is 2.25. The van der Waals surface area contributed by atoms with Gasteiger partial charge < -0.3 is 10.0 Å². The van der Waals surface area contributed by atoms with E-state index in [1.54, 1.807) is 12.1 Å². The molecule has 0 aliphatic carbocycles. The van der Waals surface area contributed by atoms with Gasteiger partial charge in [-0.1, -0.05) is 12.1 Å². The molecule has 8 nitrogen and oxygen atoms in total. The molecule has 1 aliphatic rings. The number of aryl methyl sites for hydroxylation is 1. The second-order valence-electron chi connectivity index (χ2n) is 6.22. The number of benzene rings is 1. The molecule has 0 spiro atoms. The van der Waals surface area contributed by atoms with E-state index in [1.807, 2.05) is 6.92 Å². The number of nitrogens with zero attached hydrogens (tertiary/aromatic N) is 4. The van der Waals surface area contributed by atoms with Gasteiger partial charge in [-0.3, -0.25) is 15.2 Å². The number of rotatable bonds is 5. The predicted molar refractivity (Wildman–Crippen MR) is 87.6 cm³/mol. The number of aliphatic hydroxyl groups excluding tert-OH is 1. The summed E-state index contributed by atoms with van der Waals surface area (Å²) in [6, 6.07) is 6.20. The van der Waals surface area contributed by atoms with Crippen LogP contribution in [-0.4, -0.2) is 49.7 Å². The monoisotopic (exact) mass is 331 g/mol. The summed E-state index contributed by atoms with van der Waals surface area (Å²) < 4.78 is 0. The molecule has 8 heteroatoms. The van der Waals surface area contributed by atoms with Gasteiger partial charge in [0.05, 0.1) is 11.0 Å². The molecule has 1 aromatic heterocycles. The third-order valence-corrected chi connectivity index (χ3v) is 4.46. The summed E-state index contributed by atoms with van der Waals surface area (Å²) in [6.07, 6.45) is 1.16. The van der Waals surface area contributed by atoms with Gasteiger partial charge in [-0.25, -0.2) is 4.98 Å². The first kappa shape index (κ1) is 16.5. The summed E-state index contributed by atoms with van der Waals surface area (Å²) in [7, 11) is 0. The van der Waals surface area contributed by atoms with Crippen LogP contribution >= 0.6 is 0 Å². The third-order valence-electron chi connectivity index (χ3n) is 4.46. The molecule has 2 aromatic rings. The van der Waals surface area contributed by atoms with Gasteiger partial charge in [-0.2, -0.15) is 5.10 Å². The molecule has 0 amide bonds. The molecule has 1 saturated heterocycles. The Morgan fingerprint density at radius 3 is 2.83 bits per heavy atom. The highest BCUT2D eigenvalue weighted by Crippen LogP contribution is 2.27. The maximum Gasteiger partial charge on any atom is 0.269 e. The largest absolute Gasteiger partial charge is 0.387 e. The minimum absolute atomic E-state index is 0.00485. The molecule has 3 rings (SSSR count). The normalized spacial score (nSPS) is 17.8. The lowest BCUT2D eigenvalue weighted by Gasteiger charge is -2.32. The van der Waals surface area contributed by atoms with Gasteiger partial charge in [0.1, 0.15) is 5.82 Å². The summed E-state index contributed by atoms with van der Waals surface area (Å²) in [6.45, 7) is 4.07. The number of aromatic amines is 1. The highest BCUT2D eigenvalue weighted by atomic mass is 16.6. The number of piperidine rings is 1. The Balaban J connectivity index is 1.55. The fourth-order valence-corrected chi connectivity index (χ4v) is 3.11. The highest BCUT2D eigenvalue weighted by molar-refractivity contribution is 5.35. The van der Waals surface area contributed by atoms with Crippen LogP contribution in [0.4, 0.5) is 5.69 Å². The molecule has 2 N–H and O–H groups in total. The number of hydrogen-bond acceptors (Lipinski definition) is 6. The van der Waals surface area contributed by atoms with Gasteiger partial charge in [0.25, 0.3) is 5.69 Å². The van der Waals surface area contributed by atoms with E-state index < -0.39 is 11.0 Å². The van der Waals surface area contributed by atoms with Crippen molar-refractivity contribution in [2.75, 3.05) is 19.6 Å². The lowest BCUT2D eigenvalue weighted by molar-refractivity contribution is -0.385. The third kappa shape index (κ3) is 3.77. The topological polar surface area (TPSA) is 108 Å². The van der Waals surface area contributed by atoms with Gasteiger partial charge in [0, 0.05) is 24.6 Å². The number of likely N-dealkylation sites (tertiary alicyclic amines) is 1. The molecule has 0 saturated carbocycles. The maximum atomic E-state index is 10.8. The van der Waals surface area contributed by atoms with E-state index in [0.29, 0.717) is 18.0 Å². The van der Waals surface area contributed by atoms with Crippen molar-refractivity contribution in [3.8, 4) is 0 Å². The molecule has 0 radical (unpaired) electrons. The minimum atomic E-state index is -0.729.